The summed E-state index contributed by atoms with van der Waals surface area (Å²) in [5, 5.41) is 0. The van der Waals surface area contributed by atoms with Crippen LogP contribution in [-0.2, 0) is 23.3 Å². The molecule has 0 aliphatic heterocycles. The molecule has 7 heteroatoms. The Bertz CT molecular complexity index is 1560. The molecule has 0 aliphatic carbocycles. The molecule has 0 saturated carbocycles. The van der Waals surface area contributed by atoms with Gasteiger partial charge in [0.05, 0.1) is 28.3 Å². The fraction of sp³-hybridized carbons (Fsp3) is 0.229. The van der Waals surface area contributed by atoms with E-state index in [-0.39, 0.29) is 6.54 Å². The lowest BCUT2D eigenvalue weighted by molar-refractivity contribution is 0.00974. The number of esters is 1. The number of hydrogen-bond donors (Lipinski definition) is 1. The number of rotatable bonds is 9. The highest BCUT2D eigenvalue weighted by Crippen LogP contribution is 2.40. The maximum atomic E-state index is 14.7. The third-order valence-electron chi connectivity index (χ3n) is 7.24. The van der Waals surface area contributed by atoms with Gasteiger partial charge in [0.2, 0.25) is 5.60 Å². The molecule has 2 N–H and O–H groups in total. The molecule has 0 amide bonds. The Hall–Kier alpha value is -4.75. The highest BCUT2D eigenvalue weighted by Gasteiger charge is 2.45. The van der Waals surface area contributed by atoms with Gasteiger partial charge in [-0.05, 0) is 73.7 Å². The molecule has 0 bridgehead atoms. The summed E-state index contributed by atoms with van der Waals surface area (Å²) < 4.78 is 6.66. The van der Waals surface area contributed by atoms with Crippen molar-refractivity contribution in [3.8, 4) is 11.1 Å². The minimum absolute atomic E-state index is 0.227. The number of ether oxygens (including phenoxy) is 1. The van der Waals surface area contributed by atoms with Crippen LogP contribution in [0, 0.1) is 19.8 Å². The standard InChI is InChI=1S/C35H35N5O2/c1-23(2)21-28-27(22-36)33(26-16-14-24(3)15-17-26)32(25(4)40-28)34(41)42-35(29-11-5-8-18-37-29,30-12-6-9-19-38-30)31-13-7-10-20-39-31/h5-20,23H,21-22,36H2,1-4H3. The number of benzene rings is 1. The molecule has 0 aliphatic rings. The quantitative estimate of drug-likeness (QED) is 0.210. The second-order valence-electron chi connectivity index (χ2n) is 10.8. The Morgan fingerprint density at radius 1 is 0.810 bits per heavy atom. The van der Waals surface area contributed by atoms with E-state index in [1.165, 1.54) is 0 Å². The van der Waals surface area contributed by atoms with Gasteiger partial charge in [0.25, 0.3) is 0 Å². The summed E-state index contributed by atoms with van der Waals surface area (Å²) in [5.41, 5.74) is 11.7. The SMILES string of the molecule is Cc1ccc(-c2c(CN)c(CC(C)C)nc(C)c2C(=O)OC(c2ccccn2)(c2ccccn2)c2ccccn2)cc1. The van der Waals surface area contributed by atoms with Crippen molar-refractivity contribution in [1.82, 2.24) is 19.9 Å². The molecular weight excluding hydrogens is 522 g/mol. The molecule has 1 aromatic carbocycles. The van der Waals surface area contributed by atoms with Crippen LogP contribution in [0.3, 0.4) is 0 Å². The zero-order chi connectivity index (χ0) is 29.7. The average Bonchev–Trinajstić information content (AvgIpc) is 3.01. The Balaban J connectivity index is 1.78. The van der Waals surface area contributed by atoms with Crippen LogP contribution in [0.4, 0.5) is 0 Å². The Kier molecular flexibility index (Phi) is 8.50. The average molecular weight is 558 g/mol. The predicted molar refractivity (Wildman–Crippen MR) is 164 cm³/mol. The molecule has 212 valence electrons. The second kappa shape index (κ2) is 12.4. The van der Waals surface area contributed by atoms with Gasteiger partial charge in [0, 0.05) is 36.4 Å². The van der Waals surface area contributed by atoms with E-state index in [1.54, 1.807) is 18.6 Å². The lowest BCUT2D eigenvalue weighted by atomic mass is 9.88. The van der Waals surface area contributed by atoms with E-state index in [0.717, 1.165) is 34.4 Å². The third-order valence-corrected chi connectivity index (χ3v) is 7.24. The van der Waals surface area contributed by atoms with E-state index in [9.17, 15) is 4.79 Å². The number of hydrogen-bond acceptors (Lipinski definition) is 7. The maximum absolute atomic E-state index is 14.7. The maximum Gasteiger partial charge on any atom is 0.342 e. The molecule has 0 spiro atoms. The molecule has 4 heterocycles. The lowest BCUT2D eigenvalue weighted by Crippen LogP contribution is -2.38. The molecule has 5 aromatic rings. The van der Waals surface area contributed by atoms with Crippen molar-refractivity contribution in [3.63, 3.8) is 0 Å². The largest absolute Gasteiger partial charge is 0.436 e. The van der Waals surface area contributed by atoms with Gasteiger partial charge < -0.3 is 10.5 Å². The first-order chi connectivity index (χ1) is 20.3. The Labute approximate surface area is 246 Å². The van der Waals surface area contributed by atoms with Crippen LogP contribution in [0.15, 0.2) is 97.5 Å². The molecule has 0 atom stereocenters. The van der Waals surface area contributed by atoms with Gasteiger partial charge in [0.15, 0.2) is 0 Å². The summed E-state index contributed by atoms with van der Waals surface area (Å²) in [6, 6.07) is 24.6. The first-order valence-electron chi connectivity index (χ1n) is 14.1. The summed E-state index contributed by atoms with van der Waals surface area (Å²) in [6.07, 6.45) is 5.74. The van der Waals surface area contributed by atoms with E-state index in [4.69, 9.17) is 15.5 Å². The first-order valence-corrected chi connectivity index (χ1v) is 14.1. The zero-order valence-corrected chi connectivity index (χ0v) is 24.4. The van der Waals surface area contributed by atoms with Crippen LogP contribution < -0.4 is 5.73 Å². The van der Waals surface area contributed by atoms with E-state index < -0.39 is 11.6 Å². The number of carbonyl (C=O) groups is 1. The van der Waals surface area contributed by atoms with Crippen LogP contribution in [0.25, 0.3) is 11.1 Å². The fourth-order valence-electron chi connectivity index (χ4n) is 5.32. The number of nitrogens with zero attached hydrogens (tertiary/aromatic N) is 4. The molecule has 5 rings (SSSR count). The molecule has 4 aromatic heterocycles. The molecule has 42 heavy (non-hydrogen) atoms. The van der Waals surface area contributed by atoms with Crippen LogP contribution in [0.5, 0.6) is 0 Å². The minimum atomic E-state index is -1.53. The highest BCUT2D eigenvalue weighted by molar-refractivity contribution is 6.00. The third kappa shape index (κ3) is 5.56. The number of nitrogens with two attached hydrogens (primary N) is 1. The second-order valence-corrected chi connectivity index (χ2v) is 10.8. The van der Waals surface area contributed by atoms with Gasteiger partial charge in [-0.1, -0.05) is 61.9 Å². The van der Waals surface area contributed by atoms with Crippen molar-refractivity contribution in [2.24, 2.45) is 11.7 Å². The van der Waals surface area contributed by atoms with Gasteiger partial charge >= 0.3 is 5.97 Å². The van der Waals surface area contributed by atoms with Crippen LogP contribution >= 0.6 is 0 Å². The molecule has 0 radical (unpaired) electrons. The first kappa shape index (κ1) is 28.8. The van der Waals surface area contributed by atoms with E-state index >= 15 is 0 Å². The van der Waals surface area contributed by atoms with E-state index in [1.807, 2.05) is 92.7 Å². The van der Waals surface area contributed by atoms with Crippen molar-refractivity contribution in [1.29, 1.82) is 0 Å². The Morgan fingerprint density at radius 2 is 1.33 bits per heavy atom. The topological polar surface area (TPSA) is 104 Å². The smallest absolute Gasteiger partial charge is 0.342 e. The molecule has 0 fully saturated rings. The van der Waals surface area contributed by atoms with Gasteiger partial charge in [-0.2, -0.15) is 0 Å². The molecule has 0 unspecified atom stereocenters. The van der Waals surface area contributed by atoms with Gasteiger partial charge in [0.1, 0.15) is 0 Å². The molecule has 7 nitrogen and oxygen atoms in total. The van der Waals surface area contributed by atoms with Crippen LogP contribution in [0.2, 0.25) is 0 Å². The number of aromatic nitrogens is 4. The summed E-state index contributed by atoms with van der Waals surface area (Å²) in [7, 11) is 0. The number of carbonyl (C=O) groups excluding carboxylic acids is 1. The van der Waals surface area contributed by atoms with E-state index in [0.29, 0.717) is 34.3 Å². The van der Waals surface area contributed by atoms with Crippen molar-refractivity contribution in [2.45, 2.75) is 46.3 Å². The van der Waals surface area contributed by atoms with Crippen molar-refractivity contribution < 1.29 is 9.53 Å². The van der Waals surface area contributed by atoms with Crippen molar-refractivity contribution in [2.75, 3.05) is 0 Å². The van der Waals surface area contributed by atoms with Crippen LogP contribution in [0.1, 0.15) is 63.8 Å². The summed E-state index contributed by atoms with van der Waals surface area (Å²) in [6.45, 7) is 8.40. The highest BCUT2D eigenvalue weighted by atomic mass is 16.6. The van der Waals surface area contributed by atoms with Gasteiger partial charge in [-0.3, -0.25) is 19.9 Å². The monoisotopic (exact) mass is 557 g/mol. The van der Waals surface area contributed by atoms with Crippen LogP contribution in [-0.4, -0.2) is 25.9 Å². The number of pyridine rings is 4. The summed E-state index contributed by atoms with van der Waals surface area (Å²) in [5.74, 6) is -0.209. The zero-order valence-electron chi connectivity index (χ0n) is 24.4. The summed E-state index contributed by atoms with van der Waals surface area (Å²) in [4.78, 5) is 33.6. The van der Waals surface area contributed by atoms with Crippen molar-refractivity contribution in [3.05, 3.63) is 143 Å². The fourth-order valence-corrected chi connectivity index (χ4v) is 5.32. The summed E-state index contributed by atoms with van der Waals surface area (Å²) >= 11 is 0. The minimum Gasteiger partial charge on any atom is -0.436 e. The Morgan fingerprint density at radius 3 is 1.76 bits per heavy atom. The number of aryl methyl sites for hydroxylation is 2. The predicted octanol–water partition coefficient (Wildman–Crippen LogP) is 6.36. The van der Waals surface area contributed by atoms with Gasteiger partial charge in [-0.25, -0.2) is 4.79 Å². The van der Waals surface area contributed by atoms with E-state index in [2.05, 4.69) is 28.8 Å². The van der Waals surface area contributed by atoms with Gasteiger partial charge in [-0.15, -0.1) is 0 Å². The van der Waals surface area contributed by atoms with Crippen molar-refractivity contribution >= 4 is 5.97 Å². The molecular formula is C35H35N5O2. The lowest BCUT2D eigenvalue weighted by Gasteiger charge is -2.32. The normalized spacial score (nSPS) is 11.5. The molecule has 0 saturated heterocycles.